The summed E-state index contributed by atoms with van der Waals surface area (Å²) in [6.07, 6.45) is 96.4. The Hall–Kier alpha value is -3.67. The van der Waals surface area contributed by atoms with Crippen molar-refractivity contribution >= 4 is 17.9 Å². The molecule has 0 spiro atoms. The molecular weight excluding hydrogens is 1020 g/mol. The van der Waals surface area contributed by atoms with E-state index in [-0.39, 0.29) is 31.1 Å². The highest BCUT2D eigenvalue weighted by Gasteiger charge is 2.19. The molecule has 0 heterocycles. The van der Waals surface area contributed by atoms with Crippen LogP contribution in [-0.2, 0) is 28.6 Å². The van der Waals surface area contributed by atoms with Crippen LogP contribution in [0, 0.1) is 0 Å². The highest BCUT2D eigenvalue weighted by atomic mass is 16.6. The summed E-state index contributed by atoms with van der Waals surface area (Å²) < 4.78 is 16.8. The number of esters is 3. The summed E-state index contributed by atoms with van der Waals surface area (Å²) in [5, 5.41) is 0. The summed E-state index contributed by atoms with van der Waals surface area (Å²) >= 11 is 0. The monoisotopic (exact) mass is 1160 g/mol. The lowest BCUT2D eigenvalue weighted by Gasteiger charge is -2.18. The van der Waals surface area contributed by atoms with Crippen molar-refractivity contribution in [3.63, 3.8) is 0 Å². The minimum atomic E-state index is -0.774. The van der Waals surface area contributed by atoms with Crippen molar-refractivity contribution in [3.8, 4) is 0 Å². The minimum absolute atomic E-state index is 0.0742. The maximum Gasteiger partial charge on any atom is 0.306 e. The molecule has 1 atom stereocenters. The largest absolute Gasteiger partial charge is 0.462 e. The number of carbonyl (C=O) groups excluding carboxylic acids is 3. The Morgan fingerprint density at radius 3 is 0.735 bits per heavy atom. The van der Waals surface area contributed by atoms with Gasteiger partial charge in [-0.1, -0.05) is 330 Å². The molecule has 478 valence electrons. The van der Waals surface area contributed by atoms with Crippen LogP contribution in [0.3, 0.4) is 0 Å². The molecule has 0 aliphatic rings. The predicted octanol–water partition coefficient (Wildman–Crippen LogP) is 24.8. The first kappa shape index (κ1) is 79.3. The van der Waals surface area contributed by atoms with Crippen molar-refractivity contribution in [1.29, 1.82) is 0 Å². The van der Waals surface area contributed by atoms with Crippen molar-refractivity contribution in [2.45, 2.75) is 361 Å². The summed E-state index contributed by atoms with van der Waals surface area (Å²) in [5.74, 6) is -0.875. The zero-order valence-corrected chi connectivity index (χ0v) is 54.9. The fraction of sp³-hybridized carbons (Fsp3) is 0.753. The number of ether oxygens (including phenoxy) is 3. The highest BCUT2D eigenvalue weighted by molar-refractivity contribution is 5.71. The average Bonchev–Trinajstić information content (AvgIpc) is 3.49. The Labute approximate surface area is 515 Å². The van der Waals surface area contributed by atoms with Gasteiger partial charge in [0.15, 0.2) is 6.10 Å². The van der Waals surface area contributed by atoms with Gasteiger partial charge in [-0.05, 0) is 103 Å². The first-order valence-electron chi connectivity index (χ1n) is 35.7. The summed E-state index contributed by atoms with van der Waals surface area (Å²) in [6, 6.07) is 0. The molecule has 1 unspecified atom stereocenters. The van der Waals surface area contributed by atoms with Gasteiger partial charge in [-0.15, -0.1) is 0 Å². The molecule has 0 N–H and O–H groups in total. The molecule has 0 aliphatic carbocycles. The molecule has 0 amide bonds. The van der Waals surface area contributed by atoms with E-state index in [4.69, 9.17) is 14.2 Å². The van der Waals surface area contributed by atoms with Gasteiger partial charge in [0.2, 0.25) is 0 Å². The van der Waals surface area contributed by atoms with Gasteiger partial charge in [-0.3, -0.25) is 14.4 Å². The van der Waals surface area contributed by atoms with Crippen LogP contribution in [-0.4, -0.2) is 37.2 Å². The Kier molecular flexibility index (Phi) is 67.7. The van der Waals surface area contributed by atoms with Gasteiger partial charge < -0.3 is 14.2 Å². The van der Waals surface area contributed by atoms with Crippen LogP contribution in [0.25, 0.3) is 0 Å². The van der Waals surface area contributed by atoms with Crippen LogP contribution in [0.2, 0.25) is 0 Å². The Bertz CT molecular complexity index is 1610. The third-order valence-corrected chi connectivity index (χ3v) is 15.6. The van der Waals surface area contributed by atoms with Crippen LogP contribution >= 0.6 is 0 Å². The number of allylic oxidation sites excluding steroid dienone is 16. The molecule has 83 heavy (non-hydrogen) atoms. The van der Waals surface area contributed by atoms with Crippen LogP contribution in [0.5, 0.6) is 0 Å². The van der Waals surface area contributed by atoms with Gasteiger partial charge in [-0.25, -0.2) is 0 Å². The number of hydrogen-bond acceptors (Lipinski definition) is 6. The number of unbranched alkanes of at least 4 members (excludes halogenated alkanes) is 38. The van der Waals surface area contributed by atoms with E-state index in [9.17, 15) is 14.4 Å². The second kappa shape index (κ2) is 70.8. The smallest absolute Gasteiger partial charge is 0.306 e. The molecule has 0 aromatic carbocycles. The van der Waals surface area contributed by atoms with Gasteiger partial charge >= 0.3 is 17.9 Å². The van der Waals surface area contributed by atoms with Crippen molar-refractivity contribution in [1.82, 2.24) is 0 Å². The molecule has 0 fully saturated rings. The van der Waals surface area contributed by atoms with E-state index in [0.29, 0.717) is 19.3 Å². The molecule has 0 saturated heterocycles. The average molecular weight is 1160 g/mol. The molecular formula is C77H134O6. The second-order valence-corrected chi connectivity index (χ2v) is 23.8. The number of hydrogen-bond donors (Lipinski definition) is 0. The first-order valence-corrected chi connectivity index (χ1v) is 35.7. The van der Waals surface area contributed by atoms with Crippen LogP contribution in [0.1, 0.15) is 355 Å². The maximum atomic E-state index is 12.9. The van der Waals surface area contributed by atoms with E-state index in [0.717, 1.165) is 109 Å². The predicted molar refractivity (Wildman–Crippen MR) is 362 cm³/mol. The first-order chi connectivity index (χ1) is 41.0. The van der Waals surface area contributed by atoms with Gasteiger partial charge in [0, 0.05) is 19.3 Å². The molecule has 0 radical (unpaired) electrons. The number of rotatable bonds is 65. The fourth-order valence-corrected chi connectivity index (χ4v) is 10.2. The van der Waals surface area contributed by atoms with E-state index in [1.54, 1.807) is 0 Å². The standard InChI is InChI=1S/C77H134O6/c1-4-7-10-13-15-17-19-21-23-25-27-29-31-33-35-36-37-38-39-40-42-43-45-47-49-51-53-55-57-59-61-64-67-70-76(79)82-73-74(72-81-75(78)69-66-63-12-9-6-3)83-77(80)71-68-65-62-60-58-56-54-52-50-48-46-44-41-34-32-30-28-26-24-22-20-18-16-14-11-8-5-2/h7,10,15,17,20-23,26-29,32-35,74H,4-6,8-9,11-14,16,18-19,24-25,30-31,36-73H2,1-3H3/b10-7-,17-15-,22-20-,23-21-,28-26-,29-27-,34-32-,35-33-. The van der Waals surface area contributed by atoms with E-state index < -0.39 is 6.10 Å². The molecule has 6 nitrogen and oxygen atoms in total. The van der Waals surface area contributed by atoms with Crippen molar-refractivity contribution in [2.24, 2.45) is 0 Å². The summed E-state index contributed by atoms with van der Waals surface area (Å²) in [7, 11) is 0. The Balaban J connectivity index is 3.96. The van der Waals surface area contributed by atoms with Gasteiger partial charge in [0.05, 0.1) is 0 Å². The highest BCUT2D eigenvalue weighted by Crippen LogP contribution is 2.18. The third kappa shape index (κ3) is 69.0. The maximum absolute atomic E-state index is 12.9. The third-order valence-electron chi connectivity index (χ3n) is 15.6. The molecule has 0 aromatic heterocycles. The van der Waals surface area contributed by atoms with E-state index in [2.05, 4.69) is 118 Å². The fourth-order valence-electron chi connectivity index (χ4n) is 10.2. The lowest BCUT2D eigenvalue weighted by atomic mass is 10.0. The van der Waals surface area contributed by atoms with Gasteiger partial charge in [-0.2, -0.15) is 0 Å². The second-order valence-electron chi connectivity index (χ2n) is 23.8. The molecule has 0 aromatic rings. The van der Waals surface area contributed by atoms with E-state index >= 15 is 0 Å². The van der Waals surface area contributed by atoms with Crippen molar-refractivity contribution < 1.29 is 28.6 Å². The molecule has 0 saturated carbocycles. The summed E-state index contributed by atoms with van der Waals surface area (Å²) in [6.45, 7) is 6.47. The quantitative estimate of drug-likeness (QED) is 0.0261. The van der Waals surface area contributed by atoms with Gasteiger partial charge in [0.25, 0.3) is 0 Å². The Morgan fingerprint density at radius 1 is 0.253 bits per heavy atom. The van der Waals surface area contributed by atoms with Crippen LogP contribution in [0.15, 0.2) is 97.2 Å². The summed E-state index contributed by atoms with van der Waals surface area (Å²) in [5.41, 5.74) is 0. The molecule has 0 bridgehead atoms. The lowest BCUT2D eigenvalue weighted by molar-refractivity contribution is -0.167. The summed E-state index contributed by atoms with van der Waals surface area (Å²) in [4.78, 5) is 38.0. The lowest BCUT2D eigenvalue weighted by Crippen LogP contribution is -2.30. The minimum Gasteiger partial charge on any atom is -0.462 e. The zero-order valence-electron chi connectivity index (χ0n) is 54.9. The molecule has 0 rings (SSSR count). The SMILES string of the molecule is CC/C=C\C/C=C\C/C=C\C/C=C\C/C=C\CCCCCCCCCCCCCCCCCCCC(=O)OCC(COC(=O)CCCCCCC)OC(=O)CCCCCCCCCCCCCC/C=C\C/C=C\C/C=C\CCCCCCC. The topological polar surface area (TPSA) is 78.9 Å². The Morgan fingerprint density at radius 2 is 0.470 bits per heavy atom. The van der Waals surface area contributed by atoms with E-state index in [1.165, 1.54) is 205 Å². The van der Waals surface area contributed by atoms with Gasteiger partial charge in [0.1, 0.15) is 13.2 Å². The molecule has 6 heteroatoms. The van der Waals surface area contributed by atoms with Crippen LogP contribution < -0.4 is 0 Å². The number of carbonyl (C=O) groups is 3. The van der Waals surface area contributed by atoms with E-state index in [1.807, 2.05) is 0 Å². The van der Waals surface area contributed by atoms with Crippen LogP contribution in [0.4, 0.5) is 0 Å². The molecule has 0 aliphatic heterocycles. The van der Waals surface area contributed by atoms with Crippen molar-refractivity contribution in [2.75, 3.05) is 13.2 Å². The normalized spacial score (nSPS) is 12.7. The van der Waals surface area contributed by atoms with Crippen molar-refractivity contribution in [3.05, 3.63) is 97.2 Å². The zero-order chi connectivity index (χ0) is 59.9.